The summed E-state index contributed by atoms with van der Waals surface area (Å²) >= 11 is 0. The zero-order chi connectivity index (χ0) is 25.0. The number of para-hydroxylation sites is 1. The molecule has 0 fully saturated rings. The number of rotatable bonds is 7. The molecule has 0 radical (unpaired) electrons. The molecule has 4 aromatic rings. The first-order valence-corrected chi connectivity index (χ1v) is 10.9. The molecule has 2 N–H and O–H groups in total. The lowest BCUT2D eigenvalue weighted by Gasteiger charge is -2.19. The summed E-state index contributed by atoms with van der Waals surface area (Å²) in [6.07, 6.45) is -2.84. The molecule has 178 valence electrons. The van der Waals surface area contributed by atoms with Crippen LogP contribution in [0.15, 0.2) is 72.9 Å². The molecule has 35 heavy (non-hydrogen) atoms. The SMILES string of the molecule is Cc1ccc(-c2ccc(OC(F)(F)F)c(C(=O)NC(CC#N)Cc3c[nH]c4ccccc34)c2)cc1. The molecular formula is C27H22F3N3O2. The monoisotopic (exact) mass is 477 g/mol. The average Bonchev–Trinajstić information content (AvgIpc) is 3.22. The van der Waals surface area contributed by atoms with Gasteiger partial charge in [0.05, 0.1) is 18.1 Å². The van der Waals surface area contributed by atoms with Gasteiger partial charge in [-0.3, -0.25) is 4.79 Å². The molecule has 0 aliphatic heterocycles. The van der Waals surface area contributed by atoms with Gasteiger partial charge in [-0.25, -0.2) is 0 Å². The lowest BCUT2D eigenvalue weighted by atomic mass is 9.99. The van der Waals surface area contributed by atoms with Crippen molar-refractivity contribution in [2.24, 2.45) is 0 Å². The van der Waals surface area contributed by atoms with E-state index >= 15 is 0 Å². The summed E-state index contributed by atoms with van der Waals surface area (Å²) in [6, 6.07) is 20.4. The molecule has 0 saturated carbocycles. The number of nitrogens with zero attached hydrogens (tertiary/aromatic N) is 1. The number of benzene rings is 3. The van der Waals surface area contributed by atoms with Crippen molar-refractivity contribution in [1.82, 2.24) is 10.3 Å². The second-order valence-electron chi connectivity index (χ2n) is 8.22. The van der Waals surface area contributed by atoms with Gasteiger partial charge >= 0.3 is 6.36 Å². The summed E-state index contributed by atoms with van der Waals surface area (Å²) in [5.41, 5.74) is 3.88. The lowest BCUT2D eigenvalue weighted by Crippen LogP contribution is -2.36. The largest absolute Gasteiger partial charge is 0.573 e. The topological polar surface area (TPSA) is 77.9 Å². The summed E-state index contributed by atoms with van der Waals surface area (Å²) in [4.78, 5) is 16.3. The third-order valence-corrected chi connectivity index (χ3v) is 5.65. The molecule has 3 aromatic carbocycles. The summed E-state index contributed by atoms with van der Waals surface area (Å²) in [5.74, 6) is -1.35. The van der Waals surface area contributed by atoms with Crippen LogP contribution < -0.4 is 10.1 Å². The van der Waals surface area contributed by atoms with Crippen LogP contribution in [0.4, 0.5) is 13.2 Å². The number of halogens is 3. The standard InChI is InChI=1S/C27H22F3N3O2/c1-17-6-8-18(9-7-17)19-10-11-25(35-27(28,29)30)23(15-19)26(34)33-21(12-13-31)14-20-16-32-24-5-3-2-4-22(20)24/h2-11,15-16,21,32H,12,14H2,1H3,(H,33,34). The molecule has 1 aromatic heterocycles. The molecular weight excluding hydrogens is 455 g/mol. The minimum atomic E-state index is -4.96. The Morgan fingerprint density at radius 2 is 1.80 bits per heavy atom. The first-order valence-electron chi connectivity index (χ1n) is 10.9. The van der Waals surface area contributed by atoms with E-state index in [2.05, 4.69) is 15.0 Å². The van der Waals surface area contributed by atoms with Crippen molar-refractivity contribution in [1.29, 1.82) is 5.26 Å². The zero-order valence-corrected chi connectivity index (χ0v) is 18.8. The Kier molecular flexibility index (Phi) is 6.78. The lowest BCUT2D eigenvalue weighted by molar-refractivity contribution is -0.274. The predicted octanol–water partition coefficient (Wildman–Crippen LogP) is 6.30. The number of nitriles is 1. The van der Waals surface area contributed by atoms with Crippen molar-refractivity contribution in [2.45, 2.75) is 32.2 Å². The van der Waals surface area contributed by atoms with E-state index in [0.717, 1.165) is 33.7 Å². The van der Waals surface area contributed by atoms with Gasteiger partial charge in [-0.1, -0.05) is 54.1 Å². The van der Waals surface area contributed by atoms with Crippen molar-refractivity contribution < 1.29 is 22.7 Å². The average molecular weight is 477 g/mol. The van der Waals surface area contributed by atoms with Gasteiger partial charge in [0.2, 0.25) is 0 Å². The molecule has 0 aliphatic rings. The van der Waals surface area contributed by atoms with Gasteiger partial charge in [-0.15, -0.1) is 13.2 Å². The number of aromatic amines is 1. The number of fused-ring (bicyclic) bond motifs is 1. The van der Waals surface area contributed by atoms with Gasteiger partial charge in [0, 0.05) is 23.1 Å². The van der Waals surface area contributed by atoms with Crippen LogP contribution in [-0.4, -0.2) is 23.3 Å². The first-order chi connectivity index (χ1) is 16.7. The molecule has 0 bridgehead atoms. The highest BCUT2D eigenvalue weighted by molar-refractivity contribution is 5.98. The molecule has 0 aliphatic carbocycles. The maximum Gasteiger partial charge on any atom is 0.573 e. The van der Waals surface area contributed by atoms with Crippen LogP contribution in [0.1, 0.15) is 27.9 Å². The van der Waals surface area contributed by atoms with Crippen LogP contribution in [0.25, 0.3) is 22.0 Å². The van der Waals surface area contributed by atoms with Gasteiger partial charge in [-0.2, -0.15) is 5.26 Å². The van der Waals surface area contributed by atoms with Crippen molar-refractivity contribution in [2.75, 3.05) is 0 Å². The van der Waals surface area contributed by atoms with Gasteiger partial charge in [0.25, 0.3) is 5.91 Å². The second kappa shape index (κ2) is 9.94. The Morgan fingerprint density at radius 1 is 1.09 bits per heavy atom. The summed E-state index contributed by atoms with van der Waals surface area (Å²) in [5, 5.41) is 13.0. The number of aryl methyl sites for hydroxylation is 1. The maximum atomic E-state index is 13.2. The fraction of sp³-hybridized carbons (Fsp3) is 0.185. The van der Waals surface area contributed by atoms with Crippen LogP contribution in [0.2, 0.25) is 0 Å². The van der Waals surface area contributed by atoms with E-state index in [1.807, 2.05) is 61.5 Å². The zero-order valence-electron chi connectivity index (χ0n) is 18.8. The van der Waals surface area contributed by atoms with Crippen LogP contribution in [0.5, 0.6) is 5.75 Å². The molecule has 1 atom stereocenters. The van der Waals surface area contributed by atoms with Crippen molar-refractivity contribution >= 4 is 16.8 Å². The van der Waals surface area contributed by atoms with Gasteiger partial charge in [-0.05, 0) is 48.2 Å². The number of hydrogen-bond acceptors (Lipinski definition) is 3. The molecule has 1 amide bonds. The van der Waals surface area contributed by atoms with Gasteiger partial charge in [0.15, 0.2) is 0 Å². The molecule has 0 saturated heterocycles. The van der Waals surface area contributed by atoms with Crippen molar-refractivity contribution in [3.05, 3.63) is 89.6 Å². The Hall–Kier alpha value is -4.25. The number of nitrogens with one attached hydrogen (secondary N) is 2. The smallest absolute Gasteiger partial charge is 0.405 e. The summed E-state index contributed by atoms with van der Waals surface area (Å²) in [7, 11) is 0. The van der Waals surface area contributed by atoms with Crippen LogP contribution in [0.3, 0.4) is 0 Å². The normalized spacial score (nSPS) is 12.2. The number of carbonyl (C=O) groups excluding carboxylic acids is 1. The molecule has 4 rings (SSSR count). The Morgan fingerprint density at radius 3 is 2.51 bits per heavy atom. The minimum Gasteiger partial charge on any atom is -0.405 e. The van der Waals surface area contributed by atoms with Crippen LogP contribution in [0, 0.1) is 18.3 Å². The van der Waals surface area contributed by atoms with E-state index in [1.165, 1.54) is 12.1 Å². The molecule has 1 heterocycles. The quantitative estimate of drug-likeness (QED) is 0.328. The predicted molar refractivity (Wildman–Crippen MR) is 127 cm³/mol. The van der Waals surface area contributed by atoms with E-state index in [0.29, 0.717) is 12.0 Å². The highest BCUT2D eigenvalue weighted by Crippen LogP contribution is 2.31. The van der Waals surface area contributed by atoms with E-state index in [4.69, 9.17) is 0 Å². The number of amides is 1. The minimum absolute atomic E-state index is 0.0155. The molecule has 5 nitrogen and oxygen atoms in total. The fourth-order valence-electron chi connectivity index (χ4n) is 3.96. The number of hydrogen-bond donors (Lipinski definition) is 2. The number of ether oxygens (including phenoxy) is 1. The molecule has 0 spiro atoms. The van der Waals surface area contributed by atoms with Gasteiger partial charge in [0.1, 0.15) is 5.75 Å². The van der Waals surface area contributed by atoms with Crippen LogP contribution in [-0.2, 0) is 6.42 Å². The Balaban J connectivity index is 1.64. The number of aromatic nitrogens is 1. The fourth-order valence-corrected chi connectivity index (χ4v) is 3.96. The maximum absolute atomic E-state index is 13.2. The highest BCUT2D eigenvalue weighted by Gasteiger charge is 2.33. The third-order valence-electron chi connectivity index (χ3n) is 5.65. The van der Waals surface area contributed by atoms with Crippen molar-refractivity contribution in [3.8, 4) is 22.9 Å². The van der Waals surface area contributed by atoms with Crippen molar-refractivity contribution in [3.63, 3.8) is 0 Å². The highest BCUT2D eigenvalue weighted by atomic mass is 19.4. The summed E-state index contributed by atoms with van der Waals surface area (Å²) < 4.78 is 43.2. The summed E-state index contributed by atoms with van der Waals surface area (Å²) in [6.45, 7) is 1.92. The Labute approximate surface area is 200 Å². The van der Waals surface area contributed by atoms with E-state index in [-0.39, 0.29) is 12.0 Å². The Bertz CT molecular complexity index is 1390. The van der Waals surface area contributed by atoms with E-state index < -0.39 is 24.1 Å². The van der Waals surface area contributed by atoms with Gasteiger partial charge < -0.3 is 15.0 Å². The molecule has 8 heteroatoms. The third kappa shape index (κ3) is 5.82. The molecule has 1 unspecified atom stereocenters. The van der Waals surface area contributed by atoms with Crippen LogP contribution >= 0.6 is 0 Å². The number of alkyl halides is 3. The first kappa shape index (κ1) is 23.9. The number of H-pyrrole nitrogens is 1. The number of carbonyl (C=O) groups is 1. The second-order valence-corrected chi connectivity index (χ2v) is 8.22. The van der Waals surface area contributed by atoms with E-state index in [9.17, 15) is 23.2 Å². The van der Waals surface area contributed by atoms with E-state index in [1.54, 1.807) is 6.20 Å².